The van der Waals surface area contributed by atoms with Gasteiger partial charge in [0.15, 0.2) is 0 Å². The number of likely N-dealkylation sites (tertiary alicyclic amines) is 1. The topological polar surface area (TPSA) is 66.4 Å². The van der Waals surface area contributed by atoms with E-state index in [9.17, 15) is 12.8 Å². The third kappa shape index (κ3) is 3.74. The van der Waals surface area contributed by atoms with E-state index in [1.54, 1.807) is 35.7 Å². The smallest absolute Gasteiger partial charge is 0.258 e. The summed E-state index contributed by atoms with van der Waals surface area (Å²) in [5.74, 6) is -0.446. The summed E-state index contributed by atoms with van der Waals surface area (Å²) in [5, 5.41) is 1.27. The van der Waals surface area contributed by atoms with Crippen molar-refractivity contribution >= 4 is 27.0 Å². The largest absolute Gasteiger partial charge is 0.295 e. The Morgan fingerprint density at radius 3 is 2.91 bits per heavy atom. The molecular formula is C23H23FN4O2S2. The quantitative estimate of drug-likeness (QED) is 0.564. The van der Waals surface area contributed by atoms with Crippen LogP contribution in [0.5, 0.6) is 0 Å². The van der Waals surface area contributed by atoms with Crippen LogP contribution in [0.1, 0.15) is 24.6 Å². The van der Waals surface area contributed by atoms with E-state index in [1.807, 2.05) is 23.8 Å². The molecule has 1 fully saturated rings. The molecule has 0 saturated carbocycles. The number of pyridine rings is 1. The van der Waals surface area contributed by atoms with Gasteiger partial charge in [0.25, 0.3) is 10.0 Å². The van der Waals surface area contributed by atoms with Crippen LogP contribution in [-0.4, -0.2) is 41.4 Å². The van der Waals surface area contributed by atoms with E-state index >= 15 is 0 Å². The normalized spacial score (nSPS) is 24.9. The van der Waals surface area contributed by atoms with E-state index in [0.717, 1.165) is 29.2 Å². The van der Waals surface area contributed by atoms with Gasteiger partial charge in [-0.3, -0.25) is 14.2 Å². The van der Waals surface area contributed by atoms with Gasteiger partial charge in [-0.05, 0) is 56.2 Å². The maximum Gasteiger partial charge on any atom is 0.258 e. The van der Waals surface area contributed by atoms with Gasteiger partial charge in [-0.25, -0.2) is 17.8 Å². The second-order valence-corrected chi connectivity index (χ2v) is 10.9. The molecule has 6 nitrogen and oxygen atoms in total. The minimum absolute atomic E-state index is 0.126. The van der Waals surface area contributed by atoms with Crippen LogP contribution in [0, 0.1) is 5.82 Å². The van der Waals surface area contributed by atoms with E-state index < -0.39 is 21.4 Å². The molecule has 32 heavy (non-hydrogen) atoms. The van der Waals surface area contributed by atoms with Crippen molar-refractivity contribution in [1.82, 2.24) is 14.9 Å². The first-order valence-corrected chi connectivity index (χ1v) is 12.8. The second-order valence-electron chi connectivity index (χ2n) is 8.34. The minimum atomic E-state index is -3.65. The summed E-state index contributed by atoms with van der Waals surface area (Å²) in [4.78, 5) is 12.3. The van der Waals surface area contributed by atoms with Gasteiger partial charge in [-0.15, -0.1) is 11.3 Å². The van der Waals surface area contributed by atoms with Gasteiger partial charge >= 0.3 is 0 Å². The molecular weight excluding hydrogens is 447 g/mol. The lowest BCUT2D eigenvalue weighted by Crippen LogP contribution is -2.56. The highest BCUT2D eigenvalue weighted by Crippen LogP contribution is 2.43. The molecule has 0 N–H and O–H groups in total. The van der Waals surface area contributed by atoms with Crippen LogP contribution >= 0.6 is 11.3 Å². The molecule has 0 amide bonds. The summed E-state index contributed by atoms with van der Waals surface area (Å²) in [6.45, 7) is 3.58. The average Bonchev–Trinajstić information content (AvgIpc) is 3.33. The number of hydrogen-bond donors (Lipinski definition) is 0. The van der Waals surface area contributed by atoms with E-state index in [2.05, 4.69) is 21.8 Å². The minimum Gasteiger partial charge on any atom is -0.295 e. The van der Waals surface area contributed by atoms with E-state index in [0.29, 0.717) is 18.5 Å². The first kappa shape index (κ1) is 21.2. The molecule has 5 rings (SSSR count). The van der Waals surface area contributed by atoms with Crippen molar-refractivity contribution in [2.75, 3.05) is 10.8 Å². The Labute approximate surface area is 191 Å². The van der Waals surface area contributed by atoms with Gasteiger partial charge in [0.1, 0.15) is 5.82 Å². The molecule has 2 aliphatic rings. The number of aromatic nitrogens is 2. The van der Waals surface area contributed by atoms with Crippen molar-refractivity contribution in [3.8, 4) is 11.3 Å². The molecule has 3 aromatic rings. The number of piperidine rings is 1. The summed E-state index contributed by atoms with van der Waals surface area (Å²) >= 11 is 1.62. The molecule has 4 heterocycles. The number of sulfonamides is 1. The van der Waals surface area contributed by atoms with Gasteiger partial charge in [-0.1, -0.05) is 6.07 Å². The Morgan fingerprint density at radius 1 is 1.28 bits per heavy atom. The van der Waals surface area contributed by atoms with Gasteiger partial charge in [-0.2, -0.15) is 0 Å². The van der Waals surface area contributed by atoms with Crippen LogP contribution in [0.4, 0.5) is 10.1 Å². The lowest BCUT2D eigenvalue weighted by molar-refractivity contribution is 0.121. The van der Waals surface area contributed by atoms with Gasteiger partial charge in [0.2, 0.25) is 0 Å². The average molecular weight is 471 g/mol. The third-order valence-electron chi connectivity index (χ3n) is 6.28. The van der Waals surface area contributed by atoms with Crippen molar-refractivity contribution in [3.63, 3.8) is 0 Å². The molecule has 0 bridgehead atoms. The first-order chi connectivity index (χ1) is 15.4. The zero-order valence-corrected chi connectivity index (χ0v) is 19.2. The molecule has 1 spiro atoms. The van der Waals surface area contributed by atoms with Crippen LogP contribution in [0.3, 0.4) is 0 Å². The predicted octanol–water partition coefficient (Wildman–Crippen LogP) is 4.43. The van der Waals surface area contributed by atoms with Crippen LogP contribution in [0.15, 0.2) is 65.8 Å². The van der Waals surface area contributed by atoms with Crippen molar-refractivity contribution < 1.29 is 12.8 Å². The van der Waals surface area contributed by atoms with Crippen LogP contribution < -0.4 is 4.31 Å². The lowest BCUT2D eigenvalue weighted by atomic mass is 9.83. The summed E-state index contributed by atoms with van der Waals surface area (Å²) in [6, 6.07) is 9.86. The summed E-state index contributed by atoms with van der Waals surface area (Å²) in [7, 11) is -3.65. The maximum atomic E-state index is 13.9. The fraction of sp³-hybridized carbons (Fsp3) is 0.304. The number of nitrogens with zero attached hydrogens (tertiary/aromatic N) is 4. The number of hydrogen-bond acceptors (Lipinski definition) is 6. The first-order valence-electron chi connectivity index (χ1n) is 10.5. The highest BCUT2D eigenvalue weighted by molar-refractivity contribution is 7.96. The highest BCUT2D eigenvalue weighted by atomic mass is 32.2. The fourth-order valence-electron chi connectivity index (χ4n) is 4.78. The molecule has 166 valence electrons. The van der Waals surface area contributed by atoms with Crippen LogP contribution in [0.25, 0.3) is 11.3 Å². The maximum absolute atomic E-state index is 13.9. The summed E-state index contributed by atoms with van der Waals surface area (Å²) < 4.78 is 41.1. The monoisotopic (exact) mass is 470 g/mol. The Kier molecular flexibility index (Phi) is 5.35. The van der Waals surface area contributed by atoms with Crippen LogP contribution in [0.2, 0.25) is 0 Å². The van der Waals surface area contributed by atoms with Crippen molar-refractivity contribution in [3.05, 3.63) is 76.5 Å². The zero-order valence-electron chi connectivity index (χ0n) is 17.6. The molecule has 0 unspecified atom stereocenters. The summed E-state index contributed by atoms with van der Waals surface area (Å²) in [5.41, 5.74) is 3.48. The molecule has 0 aliphatic carbocycles. The summed E-state index contributed by atoms with van der Waals surface area (Å²) in [6.07, 6.45) is 6.60. The van der Waals surface area contributed by atoms with Crippen molar-refractivity contribution in [2.24, 2.45) is 0 Å². The third-order valence-corrected chi connectivity index (χ3v) is 8.66. The van der Waals surface area contributed by atoms with E-state index in [1.165, 1.54) is 21.8 Å². The molecule has 2 aliphatic heterocycles. The van der Waals surface area contributed by atoms with E-state index in [4.69, 9.17) is 0 Å². The number of benzene rings is 1. The molecule has 1 saturated heterocycles. The fourth-order valence-corrected chi connectivity index (χ4v) is 7.27. The number of halogens is 1. The highest BCUT2D eigenvalue weighted by Gasteiger charge is 2.49. The van der Waals surface area contributed by atoms with Crippen LogP contribution in [-0.2, 0) is 16.6 Å². The Bertz CT molecular complexity index is 1260. The zero-order chi connectivity index (χ0) is 22.3. The van der Waals surface area contributed by atoms with Crippen molar-refractivity contribution in [1.29, 1.82) is 0 Å². The van der Waals surface area contributed by atoms with Gasteiger partial charge in [0, 0.05) is 47.4 Å². The number of anilines is 1. The van der Waals surface area contributed by atoms with Gasteiger partial charge < -0.3 is 0 Å². The molecule has 9 heteroatoms. The lowest BCUT2D eigenvalue weighted by Gasteiger charge is -2.47. The number of thiazole rings is 1. The molecule has 2 atom stereocenters. The SMILES string of the molecule is C[C@H]1C[C@@]2(C=CS(=O)(=O)N2c2cccc(F)c2)CCN1Cc1scnc1-c1cccnc1. The predicted molar refractivity (Wildman–Crippen MR) is 124 cm³/mol. The Morgan fingerprint density at radius 2 is 2.16 bits per heavy atom. The van der Waals surface area contributed by atoms with Gasteiger partial charge in [0.05, 0.1) is 22.4 Å². The molecule has 1 aromatic carbocycles. The molecule has 2 aromatic heterocycles. The van der Waals surface area contributed by atoms with E-state index in [-0.39, 0.29) is 6.04 Å². The number of rotatable bonds is 4. The molecule has 0 radical (unpaired) electrons. The standard InChI is InChI=1S/C23H23FN4O2S2/c1-17-13-23(8-11-32(29,30)28(23)20-6-2-5-19(24)12-20)7-10-27(17)15-21-22(26-16-31-21)18-4-3-9-25-14-18/h2-6,8-9,11-12,14,16-17H,7,10,13,15H2,1H3/t17-,23-/m0/s1. The Balaban J connectivity index is 1.39. The Hall–Kier alpha value is -2.62. The second kappa shape index (κ2) is 8.06. The van der Waals surface area contributed by atoms with Crippen molar-refractivity contribution in [2.45, 2.75) is 37.9 Å².